The Morgan fingerprint density at radius 1 is 1.36 bits per heavy atom. The van der Waals surface area contributed by atoms with Crippen LogP contribution in [0, 0.1) is 17.2 Å². The van der Waals surface area contributed by atoms with E-state index in [0.717, 1.165) is 5.56 Å². The van der Waals surface area contributed by atoms with Gasteiger partial charge in [0.15, 0.2) is 0 Å². The van der Waals surface area contributed by atoms with Crippen LogP contribution in [-0.2, 0) is 4.74 Å². The van der Waals surface area contributed by atoms with Crippen molar-refractivity contribution in [2.24, 2.45) is 5.92 Å². The van der Waals surface area contributed by atoms with E-state index in [4.69, 9.17) is 4.74 Å². The minimum Gasteiger partial charge on any atom is -0.443 e. The van der Waals surface area contributed by atoms with Gasteiger partial charge in [0.05, 0.1) is 12.0 Å². The molecule has 1 aromatic rings. The van der Waals surface area contributed by atoms with Gasteiger partial charge in [-0.15, -0.1) is 0 Å². The van der Waals surface area contributed by atoms with Gasteiger partial charge in [0, 0.05) is 18.2 Å². The lowest BCUT2D eigenvalue weighted by molar-refractivity contribution is 0.0264. The number of piperidine rings is 1. The predicted octanol–water partition coefficient (Wildman–Crippen LogP) is 4.06. The Morgan fingerprint density at radius 2 is 2.00 bits per heavy atom. The van der Waals surface area contributed by atoms with Crippen molar-refractivity contribution >= 4 is 6.09 Å². The smallest absolute Gasteiger partial charge is 0.414 e. The van der Waals surface area contributed by atoms with E-state index in [1.54, 1.807) is 4.90 Å². The van der Waals surface area contributed by atoms with Crippen LogP contribution in [0.3, 0.4) is 0 Å². The van der Waals surface area contributed by atoms with Crippen molar-refractivity contribution in [3.05, 3.63) is 48.2 Å². The summed E-state index contributed by atoms with van der Waals surface area (Å²) in [7, 11) is 0. The summed E-state index contributed by atoms with van der Waals surface area (Å²) in [6.07, 6.45) is 0.226. The molecule has 1 heterocycles. The Hall–Kier alpha value is -2.28. The average molecular weight is 298 g/mol. The molecular weight excluding hydrogens is 276 g/mol. The highest BCUT2D eigenvalue weighted by atomic mass is 16.6. The number of rotatable bonds is 1. The second kappa shape index (κ2) is 6.23. The molecule has 2 rings (SSSR count). The maximum atomic E-state index is 12.4. The second-order valence-corrected chi connectivity index (χ2v) is 6.54. The second-order valence-electron chi connectivity index (χ2n) is 6.54. The van der Waals surface area contributed by atoms with E-state index < -0.39 is 11.7 Å². The number of hydrogen-bond donors (Lipinski definition) is 0. The lowest BCUT2D eigenvalue weighted by Gasteiger charge is -2.38. The molecule has 2 atom stereocenters. The maximum absolute atomic E-state index is 12.4. The zero-order valence-corrected chi connectivity index (χ0v) is 13.4. The molecule has 0 radical (unpaired) electrons. The number of carbonyl (C=O) groups is 1. The van der Waals surface area contributed by atoms with Crippen LogP contribution in [0.15, 0.2) is 42.6 Å². The lowest BCUT2D eigenvalue weighted by atomic mass is 9.79. The lowest BCUT2D eigenvalue weighted by Crippen LogP contribution is -2.42. The zero-order chi connectivity index (χ0) is 16.3. The molecule has 22 heavy (non-hydrogen) atoms. The first-order chi connectivity index (χ1) is 10.3. The number of ether oxygens (including phenoxy) is 1. The molecule has 0 aliphatic carbocycles. The van der Waals surface area contributed by atoms with Crippen molar-refractivity contribution in [2.45, 2.75) is 38.7 Å². The summed E-state index contributed by atoms with van der Waals surface area (Å²) < 4.78 is 5.44. The third-order valence-electron chi connectivity index (χ3n) is 3.71. The van der Waals surface area contributed by atoms with Gasteiger partial charge in [0.25, 0.3) is 0 Å². The number of amides is 1. The van der Waals surface area contributed by atoms with E-state index in [2.05, 4.69) is 12.6 Å². The van der Waals surface area contributed by atoms with Gasteiger partial charge in [-0.3, -0.25) is 4.90 Å². The molecule has 2 unspecified atom stereocenters. The van der Waals surface area contributed by atoms with Crippen molar-refractivity contribution in [1.82, 2.24) is 4.90 Å². The molecule has 4 heteroatoms. The third kappa shape index (κ3) is 3.48. The van der Waals surface area contributed by atoms with Gasteiger partial charge in [-0.1, -0.05) is 36.9 Å². The first kappa shape index (κ1) is 16.1. The van der Waals surface area contributed by atoms with E-state index in [0.29, 0.717) is 18.7 Å². The monoisotopic (exact) mass is 298 g/mol. The van der Waals surface area contributed by atoms with Crippen LogP contribution in [0.1, 0.15) is 38.7 Å². The van der Waals surface area contributed by atoms with Gasteiger partial charge in [0.1, 0.15) is 5.60 Å². The van der Waals surface area contributed by atoms with Gasteiger partial charge in [-0.25, -0.2) is 4.79 Å². The zero-order valence-electron chi connectivity index (χ0n) is 13.4. The molecule has 0 aromatic heterocycles. The number of allylic oxidation sites excluding steroid dienone is 1. The summed E-state index contributed by atoms with van der Waals surface area (Å²) >= 11 is 0. The van der Waals surface area contributed by atoms with Crippen LogP contribution >= 0.6 is 0 Å². The molecule has 1 aliphatic heterocycles. The first-order valence-electron chi connectivity index (χ1n) is 7.47. The Morgan fingerprint density at radius 3 is 2.55 bits per heavy atom. The van der Waals surface area contributed by atoms with Gasteiger partial charge in [-0.2, -0.15) is 5.26 Å². The van der Waals surface area contributed by atoms with Gasteiger partial charge >= 0.3 is 6.09 Å². The number of carbonyl (C=O) groups excluding carboxylic acids is 1. The van der Waals surface area contributed by atoms with E-state index >= 15 is 0 Å². The number of nitrogens with zero attached hydrogens (tertiary/aromatic N) is 2. The highest BCUT2D eigenvalue weighted by Crippen LogP contribution is 2.39. The van der Waals surface area contributed by atoms with Crippen molar-refractivity contribution in [3.8, 4) is 6.07 Å². The van der Waals surface area contributed by atoms with Crippen molar-refractivity contribution in [2.75, 3.05) is 6.54 Å². The Kier molecular flexibility index (Phi) is 4.56. The van der Waals surface area contributed by atoms with Crippen LogP contribution < -0.4 is 0 Å². The molecule has 0 saturated carbocycles. The summed E-state index contributed by atoms with van der Waals surface area (Å²) in [5, 5.41) is 9.43. The Bertz CT molecular complexity index is 596. The van der Waals surface area contributed by atoms with Gasteiger partial charge < -0.3 is 4.74 Å². The van der Waals surface area contributed by atoms with E-state index in [1.807, 2.05) is 51.1 Å². The normalized spacial score (nSPS) is 22.1. The van der Waals surface area contributed by atoms with Crippen LogP contribution in [-0.4, -0.2) is 23.1 Å². The summed E-state index contributed by atoms with van der Waals surface area (Å²) in [5.74, 6) is -0.346. The summed E-state index contributed by atoms with van der Waals surface area (Å²) in [5.41, 5.74) is 1.09. The van der Waals surface area contributed by atoms with E-state index in [-0.39, 0.29) is 11.8 Å². The number of hydrogen-bond acceptors (Lipinski definition) is 3. The molecule has 1 amide bonds. The molecule has 0 spiro atoms. The van der Waals surface area contributed by atoms with Gasteiger partial charge in [-0.05, 0) is 32.8 Å². The Labute approximate surface area is 132 Å². The fraction of sp³-hybridized carbons (Fsp3) is 0.444. The fourth-order valence-corrected chi connectivity index (χ4v) is 2.73. The minimum absolute atomic E-state index is 0.173. The van der Waals surface area contributed by atoms with Crippen molar-refractivity contribution in [1.29, 1.82) is 5.26 Å². The topological polar surface area (TPSA) is 53.3 Å². The average Bonchev–Trinajstić information content (AvgIpc) is 2.45. The molecule has 1 fully saturated rings. The molecular formula is C18H22N2O2. The maximum Gasteiger partial charge on any atom is 0.414 e. The minimum atomic E-state index is -0.550. The quantitative estimate of drug-likeness (QED) is 0.785. The summed E-state index contributed by atoms with van der Waals surface area (Å²) in [6.45, 7) is 10.1. The van der Waals surface area contributed by atoms with Crippen molar-refractivity contribution < 1.29 is 9.53 Å². The van der Waals surface area contributed by atoms with E-state index in [1.165, 1.54) is 0 Å². The van der Waals surface area contributed by atoms with Gasteiger partial charge in [0.2, 0.25) is 0 Å². The molecule has 0 N–H and O–H groups in total. The molecule has 1 aliphatic rings. The largest absolute Gasteiger partial charge is 0.443 e. The highest BCUT2D eigenvalue weighted by Gasteiger charge is 2.37. The van der Waals surface area contributed by atoms with Crippen molar-refractivity contribution in [3.63, 3.8) is 0 Å². The third-order valence-corrected chi connectivity index (χ3v) is 3.71. The standard InChI is InChI=1S/C18H22N2O2/c1-13-16(14-8-6-5-7-9-14)15(12-19)10-11-20(13)17(21)22-18(2,3)4/h5-9,15-16H,1,10-11H2,2-4H3. The Balaban J connectivity index is 2.26. The number of likely N-dealkylation sites (tertiary alicyclic amines) is 1. The number of benzene rings is 1. The molecule has 1 saturated heterocycles. The fourth-order valence-electron chi connectivity index (χ4n) is 2.73. The molecule has 4 nitrogen and oxygen atoms in total. The van der Waals surface area contributed by atoms with E-state index in [9.17, 15) is 10.1 Å². The van der Waals surface area contributed by atoms with Crippen LogP contribution in [0.25, 0.3) is 0 Å². The summed E-state index contributed by atoms with van der Waals surface area (Å²) in [6, 6.07) is 12.1. The molecule has 116 valence electrons. The van der Waals surface area contributed by atoms with Crippen LogP contribution in [0.2, 0.25) is 0 Å². The molecule has 1 aromatic carbocycles. The highest BCUT2D eigenvalue weighted by molar-refractivity contribution is 5.71. The van der Waals surface area contributed by atoms with Crippen LogP contribution in [0.5, 0.6) is 0 Å². The number of nitriles is 1. The first-order valence-corrected chi connectivity index (χ1v) is 7.47. The summed E-state index contributed by atoms with van der Waals surface area (Å²) in [4.78, 5) is 13.9. The SMILES string of the molecule is C=C1C(c2ccccc2)C(C#N)CCN1C(=O)OC(C)(C)C. The van der Waals surface area contributed by atoms with Crippen LogP contribution in [0.4, 0.5) is 4.79 Å². The predicted molar refractivity (Wildman–Crippen MR) is 85.0 cm³/mol. The molecule has 0 bridgehead atoms.